The van der Waals surface area contributed by atoms with Crippen LogP contribution < -0.4 is 4.74 Å². The van der Waals surface area contributed by atoms with Crippen LogP contribution in [0.2, 0.25) is 0 Å². The predicted octanol–water partition coefficient (Wildman–Crippen LogP) is 3.95. The van der Waals surface area contributed by atoms with E-state index in [0.717, 1.165) is 49.1 Å². The van der Waals surface area contributed by atoms with Crippen molar-refractivity contribution in [2.24, 2.45) is 0 Å². The van der Waals surface area contributed by atoms with Gasteiger partial charge in [0.15, 0.2) is 6.29 Å². The summed E-state index contributed by atoms with van der Waals surface area (Å²) >= 11 is 0. The lowest BCUT2D eigenvalue weighted by atomic mass is 10.1. The third-order valence-corrected chi connectivity index (χ3v) is 3.26. The predicted molar refractivity (Wildman–Crippen MR) is 83.7 cm³/mol. The Balaban J connectivity index is 2.19. The van der Waals surface area contributed by atoms with E-state index < -0.39 is 0 Å². The molecule has 21 heavy (non-hydrogen) atoms. The van der Waals surface area contributed by atoms with Crippen molar-refractivity contribution >= 4 is 6.29 Å². The Morgan fingerprint density at radius 3 is 2.57 bits per heavy atom. The molecule has 2 rings (SSSR count). The van der Waals surface area contributed by atoms with Gasteiger partial charge in [0.25, 0.3) is 0 Å². The molecule has 0 aliphatic carbocycles. The summed E-state index contributed by atoms with van der Waals surface area (Å²) in [6.45, 7) is 5.77. The average molecular weight is 286 g/mol. The van der Waals surface area contributed by atoms with Gasteiger partial charge in [-0.3, -0.25) is 9.48 Å². The number of nitrogens with zero attached hydrogens (tertiary/aromatic N) is 2. The topological polar surface area (TPSA) is 44.1 Å². The van der Waals surface area contributed by atoms with Crippen molar-refractivity contribution in [3.05, 3.63) is 36.0 Å². The van der Waals surface area contributed by atoms with E-state index >= 15 is 0 Å². The molecule has 0 spiro atoms. The van der Waals surface area contributed by atoms with Crippen LogP contribution in [0.25, 0.3) is 11.3 Å². The summed E-state index contributed by atoms with van der Waals surface area (Å²) < 4.78 is 7.42. The first-order valence-electron chi connectivity index (χ1n) is 7.54. The number of rotatable bonds is 8. The van der Waals surface area contributed by atoms with Crippen molar-refractivity contribution in [1.82, 2.24) is 9.78 Å². The molecule has 0 fully saturated rings. The molecule has 1 aromatic carbocycles. The van der Waals surface area contributed by atoms with Gasteiger partial charge in [-0.15, -0.1) is 0 Å². The van der Waals surface area contributed by atoms with E-state index in [1.54, 1.807) is 0 Å². The SMILES string of the molecule is CCCCn1cc(C=O)c(-c2ccc(OCCC)cc2)n1. The first-order valence-corrected chi connectivity index (χ1v) is 7.54. The van der Waals surface area contributed by atoms with Crippen LogP contribution in [-0.4, -0.2) is 22.7 Å². The van der Waals surface area contributed by atoms with Crippen LogP contribution in [0.1, 0.15) is 43.5 Å². The number of hydrogen-bond acceptors (Lipinski definition) is 3. The zero-order chi connectivity index (χ0) is 15.1. The molecule has 0 radical (unpaired) electrons. The second kappa shape index (κ2) is 7.62. The number of hydrogen-bond donors (Lipinski definition) is 0. The van der Waals surface area contributed by atoms with Gasteiger partial charge in [-0.05, 0) is 37.1 Å². The molecule has 0 aliphatic rings. The summed E-state index contributed by atoms with van der Waals surface area (Å²) in [5, 5.41) is 4.53. The third kappa shape index (κ3) is 3.94. The minimum absolute atomic E-state index is 0.633. The minimum atomic E-state index is 0.633. The number of carbonyl (C=O) groups excluding carboxylic acids is 1. The largest absolute Gasteiger partial charge is 0.494 e. The van der Waals surface area contributed by atoms with Gasteiger partial charge in [0.1, 0.15) is 11.4 Å². The van der Waals surface area contributed by atoms with E-state index in [-0.39, 0.29) is 0 Å². The molecule has 2 aromatic rings. The van der Waals surface area contributed by atoms with E-state index in [0.29, 0.717) is 12.2 Å². The molecule has 0 saturated carbocycles. The quantitative estimate of drug-likeness (QED) is 0.690. The van der Waals surface area contributed by atoms with Gasteiger partial charge in [-0.25, -0.2) is 0 Å². The summed E-state index contributed by atoms with van der Waals surface area (Å²) in [5.74, 6) is 0.846. The molecule has 0 bridgehead atoms. The van der Waals surface area contributed by atoms with Gasteiger partial charge in [-0.1, -0.05) is 20.3 Å². The van der Waals surface area contributed by atoms with Crippen LogP contribution in [-0.2, 0) is 6.54 Å². The molecule has 0 aliphatic heterocycles. The molecule has 0 atom stereocenters. The van der Waals surface area contributed by atoms with Gasteiger partial charge >= 0.3 is 0 Å². The Morgan fingerprint density at radius 1 is 1.19 bits per heavy atom. The molecule has 4 heteroatoms. The molecule has 112 valence electrons. The molecule has 0 saturated heterocycles. The molecule has 4 nitrogen and oxygen atoms in total. The third-order valence-electron chi connectivity index (χ3n) is 3.26. The summed E-state index contributed by atoms with van der Waals surface area (Å²) in [6, 6.07) is 7.74. The standard InChI is InChI=1S/C17H22N2O2/c1-3-5-10-19-12-15(13-20)17(18-19)14-6-8-16(9-7-14)21-11-4-2/h6-9,12-13H,3-5,10-11H2,1-2H3. The fourth-order valence-corrected chi connectivity index (χ4v) is 2.11. The maximum atomic E-state index is 11.2. The molecular weight excluding hydrogens is 264 g/mol. The van der Waals surface area contributed by atoms with Crippen molar-refractivity contribution in [3.63, 3.8) is 0 Å². The van der Waals surface area contributed by atoms with E-state index in [2.05, 4.69) is 18.9 Å². The second-order valence-electron chi connectivity index (χ2n) is 5.04. The second-order valence-corrected chi connectivity index (χ2v) is 5.04. The van der Waals surface area contributed by atoms with Crippen molar-refractivity contribution < 1.29 is 9.53 Å². The van der Waals surface area contributed by atoms with Crippen LogP contribution in [0.15, 0.2) is 30.5 Å². The molecular formula is C17H22N2O2. The maximum Gasteiger partial charge on any atom is 0.153 e. The number of aromatic nitrogens is 2. The lowest BCUT2D eigenvalue weighted by Crippen LogP contribution is -1.98. The highest BCUT2D eigenvalue weighted by molar-refractivity contribution is 5.85. The monoisotopic (exact) mass is 286 g/mol. The summed E-state index contributed by atoms with van der Waals surface area (Å²) in [4.78, 5) is 11.2. The highest BCUT2D eigenvalue weighted by atomic mass is 16.5. The number of aryl methyl sites for hydroxylation is 1. The van der Waals surface area contributed by atoms with Gasteiger partial charge in [-0.2, -0.15) is 5.10 Å². The van der Waals surface area contributed by atoms with Gasteiger partial charge in [0.2, 0.25) is 0 Å². The molecule has 1 heterocycles. The van der Waals surface area contributed by atoms with E-state index in [9.17, 15) is 4.79 Å². The Hall–Kier alpha value is -2.10. The summed E-state index contributed by atoms with van der Waals surface area (Å²) in [6.07, 6.45) is 5.84. The number of unbranched alkanes of at least 4 members (excludes halogenated alkanes) is 1. The van der Waals surface area contributed by atoms with E-state index in [4.69, 9.17) is 4.74 Å². The lowest BCUT2D eigenvalue weighted by molar-refractivity contribution is 0.112. The Bertz CT molecular complexity index is 573. The van der Waals surface area contributed by atoms with Crippen molar-refractivity contribution in [1.29, 1.82) is 0 Å². The summed E-state index contributed by atoms with van der Waals surface area (Å²) in [7, 11) is 0. The normalized spacial score (nSPS) is 10.6. The average Bonchev–Trinajstić information content (AvgIpc) is 2.94. The van der Waals surface area contributed by atoms with Crippen molar-refractivity contribution in [2.75, 3.05) is 6.61 Å². The Labute approximate surface area is 125 Å². The number of benzene rings is 1. The van der Waals surface area contributed by atoms with Crippen molar-refractivity contribution in [2.45, 2.75) is 39.7 Å². The van der Waals surface area contributed by atoms with Gasteiger partial charge in [0, 0.05) is 18.3 Å². The maximum absolute atomic E-state index is 11.2. The Kier molecular flexibility index (Phi) is 5.55. The zero-order valence-electron chi connectivity index (χ0n) is 12.7. The fourth-order valence-electron chi connectivity index (χ4n) is 2.11. The van der Waals surface area contributed by atoms with Crippen molar-refractivity contribution in [3.8, 4) is 17.0 Å². The van der Waals surface area contributed by atoms with Gasteiger partial charge in [0.05, 0.1) is 12.2 Å². The first-order chi connectivity index (χ1) is 10.3. The van der Waals surface area contributed by atoms with Crippen LogP contribution in [0.3, 0.4) is 0 Å². The minimum Gasteiger partial charge on any atom is -0.494 e. The smallest absolute Gasteiger partial charge is 0.153 e. The van der Waals surface area contributed by atoms with Crippen LogP contribution >= 0.6 is 0 Å². The first kappa shape index (κ1) is 15.3. The highest BCUT2D eigenvalue weighted by Gasteiger charge is 2.10. The molecule has 0 amide bonds. The van der Waals surface area contributed by atoms with Crippen LogP contribution in [0.5, 0.6) is 5.75 Å². The Morgan fingerprint density at radius 2 is 1.95 bits per heavy atom. The van der Waals surface area contributed by atoms with E-state index in [1.165, 1.54) is 0 Å². The van der Waals surface area contributed by atoms with Crippen LogP contribution in [0.4, 0.5) is 0 Å². The molecule has 0 unspecified atom stereocenters. The van der Waals surface area contributed by atoms with Gasteiger partial charge < -0.3 is 4.74 Å². The molecule has 1 aromatic heterocycles. The zero-order valence-corrected chi connectivity index (χ0v) is 12.7. The number of aldehydes is 1. The van der Waals surface area contributed by atoms with Crippen LogP contribution in [0, 0.1) is 0 Å². The highest BCUT2D eigenvalue weighted by Crippen LogP contribution is 2.24. The number of carbonyl (C=O) groups is 1. The lowest BCUT2D eigenvalue weighted by Gasteiger charge is -2.05. The summed E-state index contributed by atoms with van der Waals surface area (Å²) in [5.41, 5.74) is 2.31. The fraction of sp³-hybridized carbons (Fsp3) is 0.412. The number of ether oxygens (including phenoxy) is 1. The van der Waals surface area contributed by atoms with E-state index in [1.807, 2.05) is 35.1 Å². The molecule has 0 N–H and O–H groups in total.